The van der Waals surface area contributed by atoms with Gasteiger partial charge in [0.25, 0.3) is 11.8 Å². The molecule has 3 aromatic rings. The van der Waals surface area contributed by atoms with Crippen LogP contribution in [0.1, 0.15) is 11.1 Å². The van der Waals surface area contributed by atoms with Crippen LogP contribution in [0.3, 0.4) is 0 Å². The zero-order valence-corrected chi connectivity index (χ0v) is 19.1. The molecule has 2 amide bonds. The Kier molecular flexibility index (Phi) is 6.66. The van der Waals surface area contributed by atoms with Gasteiger partial charge in [-0.15, -0.1) is 0 Å². The van der Waals surface area contributed by atoms with E-state index in [1.807, 2.05) is 30.3 Å². The SMILES string of the molecule is COc1ccc(NC2=C(c3ccc(Cl)cc3)C(=O)N(CCc3ccccc3)C2=O)c(OC)c1. The molecule has 0 aromatic heterocycles. The molecule has 0 radical (unpaired) electrons. The summed E-state index contributed by atoms with van der Waals surface area (Å²) < 4.78 is 10.7. The summed E-state index contributed by atoms with van der Waals surface area (Å²) in [5.41, 5.74) is 2.69. The summed E-state index contributed by atoms with van der Waals surface area (Å²) in [6.07, 6.45) is 0.561. The second-order valence-electron chi connectivity index (χ2n) is 7.45. The molecule has 7 heteroatoms. The number of anilines is 1. The number of amides is 2. The minimum Gasteiger partial charge on any atom is -0.497 e. The Balaban J connectivity index is 1.70. The van der Waals surface area contributed by atoms with Gasteiger partial charge in [0.1, 0.15) is 17.2 Å². The van der Waals surface area contributed by atoms with Crippen LogP contribution in [0.25, 0.3) is 5.57 Å². The molecule has 0 spiro atoms. The first-order valence-electron chi connectivity index (χ1n) is 10.4. The lowest BCUT2D eigenvalue weighted by molar-refractivity contribution is -0.136. The molecule has 0 atom stereocenters. The van der Waals surface area contributed by atoms with Gasteiger partial charge in [-0.3, -0.25) is 14.5 Å². The summed E-state index contributed by atoms with van der Waals surface area (Å²) in [7, 11) is 3.09. The molecule has 0 fully saturated rings. The summed E-state index contributed by atoms with van der Waals surface area (Å²) in [6.45, 7) is 0.268. The van der Waals surface area contributed by atoms with Gasteiger partial charge < -0.3 is 14.8 Å². The van der Waals surface area contributed by atoms with Gasteiger partial charge in [0.05, 0.1) is 25.5 Å². The first-order valence-corrected chi connectivity index (χ1v) is 10.8. The van der Waals surface area contributed by atoms with Gasteiger partial charge in [-0.1, -0.05) is 54.1 Å². The van der Waals surface area contributed by atoms with Crippen LogP contribution < -0.4 is 14.8 Å². The van der Waals surface area contributed by atoms with E-state index < -0.39 is 5.91 Å². The summed E-state index contributed by atoms with van der Waals surface area (Å²) >= 11 is 6.04. The molecule has 1 heterocycles. The number of nitrogens with zero attached hydrogens (tertiary/aromatic N) is 1. The molecule has 1 aliphatic heterocycles. The van der Waals surface area contributed by atoms with Crippen molar-refractivity contribution in [2.24, 2.45) is 0 Å². The largest absolute Gasteiger partial charge is 0.497 e. The number of halogens is 1. The number of benzene rings is 3. The number of rotatable bonds is 8. The van der Waals surface area contributed by atoms with E-state index in [1.54, 1.807) is 49.6 Å². The van der Waals surface area contributed by atoms with E-state index >= 15 is 0 Å². The second-order valence-corrected chi connectivity index (χ2v) is 7.88. The molecule has 6 nitrogen and oxygen atoms in total. The van der Waals surface area contributed by atoms with Crippen molar-refractivity contribution in [2.75, 3.05) is 26.1 Å². The number of methoxy groups -OCH3 is 2. The highest BCUT2D eigenvalue weighted by molar-refractivity contribution is 6.37. The van der Waals surface area contributed by atoms with Crippen LogP contribution >= 0.6 is 11.6 Å². The molecule has 4 rings (SSSR count). The predicted molar refractivity (Wildman–Crippen MR) is 128 cm³/mol. The molecule has 0 bridgehead atoms. The van der Waals surface area contributed by atoms with Crippen LogP contribution in [-0.4, -0.2) is 37.5 Å². The van der Waals surface area contributed by atoms with Crippen molar-refractivity contribution in [3.8, 4) is 11.5 Å². The third-order valence-electron chi connectivity index (χ3n) is 5.44. The third kappa shape index (κ3) is 4.71. The van der Waals surface area contributed by atoms with Gasteiger partial charge >= 0.3 is 0 Å². The maximum atomic E-state index is 13.4. The van der Waals surface area contributed by atoms with E-state index in [-0.39, 0.29) is 18.1 Å². The van der Waals surface area contributed by atoms with E-state index in [0.29, 0.717) is 39.8 Å². The minimum absolute atomic E-state index is 0.193. The van der Waals surface area contributed by atoms with Crippen LogP contribution in [0.4, 0.5) is 5.69 Å². The summed E-state index contributed by atoms with van der Waals surface area (Å²) in [4.78, 5) is 28.1. The van der Waals surface area contributed by atoms with Crippen molar-refractivity contribution in [3.63, 3.8) is 0 Å². The average molecular weight is 463 g/mol. The predicted octanol–water partition coefficient (Wildman–Crippen LogP) is 4.79. The second kappa shape index (κ2) is 9.79. The number of nitrogens with one attached hydrogen (secondary N) is 1. The Morgan fingerprint density at radius 1 is 0.879 bits per heavy atom. The molecule has 168 valence electrons. The molecule has 0 aliphatic carbocycles. The lowest BCUT2D eigenvalue weighted by atomic mass is 10.0. The van der Waals surface area contributed by atoms with Gasteiger partial charge in [-0.2, -0.15) is 0 Å². The fourth-order valence-corrected chi connectivity index (χ4v) is 3.83. The minimum atomic E-state index is -0.390. The van der Waals surface area contributed by atoms with Crippen molar-refractivity contribution in [2.45, 2.75) is 6.42 Å². The van der Waals surface area contributed by atoms with Crippen LogP contribution in [0.2, 0.25) is 5.02 Å². The average Bonchev–Trinajstić information content (AvgIpc) is 3.08. The zero-order valence-electron chi connectivity index (χ0n) is 18.3. The number of hydrogen-bond acceptors (Lipinski definition) is 5. The van der Waals surface area contributed by atoms with E-state index in [2.05, 4.69) is 5.32 Å². The van der Waals surface area contributed by atoms with E-state index in [4.69, 9.17) is 21.1 Å². The van der Waals surface area contributed by atoms with Gasteiger partial charge in [-0.05, 0) is 41.8 Å². The smallest absolute Gasteiger partial charge is 0.278 e. The van der Waals surface area contributed by atoms with Gasteiger partial charge in [0, 0.05) is 17.6 Å². The standard InChI is InChI=1S/C26H23ClN2O4/c1-32-20-12-13-21(22(16-20)33-2)28-24-23(18-8-10-19(27)11-9-18)25(30)29(26(24)31)15-14-17-6-4-3-5-7-17/h3-13,16,28H,14-15H2,1-2H3. The number of imide groups is 1. The number of ether oxygens (including phenoxy) is 2. The Morgan fingerprint density at radius 3 is 2.27 bits per heavy atom. The maximum absolute atomic E-state index is 13.4. The molecule has 0 saturated heterocycles. The first-order chi connectivity index (χ1) is 16.0. The number of hydrogen-bond donors (Lipinski definition) is 1. The lowest BCUT2D eigenvalue weighted by Crippen LogP contribution is -2.34. The topological polar surface area (TPSA) is 67.9 Å². The summed E-state index contributed by atoms with van der Waals surface area (Å²) in [5.74, 6) is 0.356. The van der Waals surface area contributed by atoms with Crippen LogP contribution in [-0.2, 0) is 16.0 Å². The van der Waals surface area contributed by atoms with Gasteiger partial charge in [0.2, 0.25) is 0 Å². The Hall–Kier alpha value is -3.77. The van der Waals surface area contributed by atoms with Crippen molar-refractivity contribution in [1.82, 2.24) is 4.90 Å². The fourth-order valence-electron chi connectivity index (χ4n) is 3.70. The Morgan fingerprint density at radius 2 is 1.61 bits per heavy atom. The molecular formula is C26H23ClN2O4. The summed E-state index contributed by atoms with van der Waals surface area (Å²) in [5, 5.41) is 3.68. The highest BCUT2D eigenvalue weighted by atomic mass is 35.5. The molecule has 3 aromatic carbocycles. The summed E-state index contributed by atoms with van der Waals surface area (Å²) in [6, 6.07) is 21.8. The highest BCUT2D eigenvalue weighted by Crippen LogP contribution is 2.35. The molecule has 1 aliphatic rings. The molecule has 1 N–H and O–H groups in total. The molecule has 0 saturated carbocycles. The van der Waals surface area contributed by atoms with E-state index in [1.165, 1.54) is 12.0 Å². The molecule has 0 unspecified atom stereocenters. The van der Waals surface area contributed by atoms with E-state index in [9.17, 15) is 9.59 Å². The Bertz CT molecular complexity index is 1210. The maximum Gasteiger partial charge on any atom is 0.278 e. The first kappa shape index (κ1) is 22.4. The fraction of sp³-hybridized carbons (Fsp3) is 0.154. The van der Waals surface area contributed by atoms with Crippen molar-refractivity contribution in [3.05, 3.63) is 94.6 Å². The zero-order chi connectivity index (χ0) is 23.4. The Labute approximate surface area is 197 Å². The lowest BCUT2D eigenvalue weighted by Gasteiger charge is -2.16. The van der Waals surface area contributed by atoms with Gasteiger partial charge in [-0.25, -0.2) is 0 Å². The molecule has 33 heavy (non-hydrogen) atoms. The van der Waals surface area contributed by atoms with Crippen LogP contribution in [0.15, 0.2) is 78.5 Å². The van der Waals surface area contributed by atoms with Crippen LogP contribution in [0.5, 0.6) is 11.5 Å². The van der Waals surface area contributed by atoms with Gasteiger partial charge in [0.15, 0.2) is 0 Å². The van der Waals surface area contributed by atoms with E-state index in [0.717, 1.165) is 5.56 Å². The third-order valence-corrected chi connectivity index (χ3v) is 5.69. The number of carbonyl (C=O) groups is 2. The van der Waals surface area contributed by atoms with Crippen molar-refractivity contribution < 1.29 is 19.1 Å². The number of carbonyl (C=O) groups excluding carboxylic acids is 2. The highest BCUT2D eigenvalue weighted by Gasteiger charge is 2.39. The monoisotopic (exact) mass is 462 g/mol. The van der Waals surface area contributed by atoms with Crippen LogP contribution in [0, 0.1) is 0 Å². The quantitative estimate of drug-likeness (QED) is 0.487. The molecular weight excluding hydrogens is 440 g/mol. The van der Waals surface area contributed by atoms with Crippen molar-refractivity contribution >= 4 is 34.7 Å². The normalized spacial score (nSPS) is 13.5. The van der Waals surface area contributed by atoms with Crippen molar-refractivity contribution in [1.29, 1.82) is 0 Å².